The molecule has 1 aliphatic carbocycles. The van der Waals surface area contributed by atoms with E-state index in [1.807, 2.05) is 0 Å². The Balaban J connectivity index is 2.20. The SMILES string of the molecule is CCOC(=O)C1(C2(O)CCC2)CCOC1. The number of carbonyl (C=O) groups excluding carboxylic acids is 1. The average molecular weight is 214 g/mol. The molecule has 1 N–H and O–H groups in total. The maximum absolute atomic E-state index is 11.9. The van der Waals surface area contributed by atoms with Gasteiger partial charge in [0, 0.05) is 6.61 Å². The summed E-state index contributed by atoms with van der Waals surface area (Å²) in [7, 11) is 0. The third-order valence-corrected chi connectivity index (χ3v) is 3.76. The minimum absolute atomic E-state index is 0.287. The van der Waals surface area contributed by atoms with Crippen LogP contribution in [0.5, 0.6) is 0 Å². The Hall–Kier alpha value is -0.610. The monoisotopic (exact) mass is 214 g/mol. The predicted molar refractivity (Wildman–Crippen MR) is 53.3 cm³/mol. The Kier molecular flexibility index (Phi) is 2.73. The van der Waals surface area contributed by atoms with Crippen LogP contribution >= 0.6 is 0 Å². The minimum Gasteiger partial charge on any atom is -0.465 e. The van der Waals surface area contributed by atoms with Crippen LogP contribution in [0.2, 0.25) is 0 Å². The van der Waals surface area contributed by atoms with E-state index in [1.54, 1.807) is 6.92 Å². The number of hydrogen-bond acceptors (Lipinski definition) is 4. The third kappa shape index (κ3) is 1.47. The first kappa shape index (κ1) is 10.9. The Morgan fingerprint density at radius 1 is 1.47 bits per heavy atom. The first-order valence-corrected chi connectivity index (χ1v) is 5.62. The van der Waals surface area contributed by atoms with E-state index in [0.717, 1.165) is 6.42 Å². The van der Waals surface area contributed by atoms with Crippen molar-refractivity contribution >= 4 is 5.97 Å². The molecule has 2 aliphatic rings. The summed E-state index contributed by atoms with van der Waals surface area (Å²) in [6.45, 7) is 2.99. The summed E-state index contributed by atoms with van der Waals surface area (Å²) in [4.78, 5) is 11.9. The van der Waals surface area contributed by atoms with E-state index in [0.29, 0.717) is 39.1 Å². The molecule has 1 aliphatic heterocycles. The molecule has 1 atom stereocenters. The lowest BCUT2D eigenvalue weighted by Gasteiger charge is -2.48. The number of carbonyl (C=O) groups is 1. The van der Waals surface area contributed by atoms with Crippen molar-refractivity contribution in [2.45, 2.75) is 38.2 Å². The van der Waals surface area contributed by atoms with Crippen LogP contribution in [0, 0.1) is 5.41 Å². The van der Waals surface area contributed by atoms with Crippen LogP contribution in [0.15, 0.2) is 0 Å². The number of rotatable bonds is 3. The maximum atomic E-state index is 11.9. The zero-order valence-electron chi connectivity index (χ0n) is 9.12. The van der Waals surface area contributed by atoms with Gasteiger partial charge in [0.1, 0.15) is 5.41 Å². The van der Waals surface area contributed by atoms with Gasteiger partial charge in [-0.1, -0.05) is 0 Å². The Bertz CT molecular complexity index is 251. The summed E-state index contributed by atoms with van der Waals surface area (Å²) in [5, 5.41) is 10.4. The molecule has 0 bridgehead atoms. The molecule has 0 radical (unpaired) electrons. The summed E-state index contributed by atoms with van der Waals surface area (Å²) in [5.74, 6) is -0.287. The summed E-state index contributed by atoms with van der Waals surface area (Å²) < 4.78 is 10.4. The van der Waals surface area contributed by atoms with Crippen molar-refractivity contribution in [1.29, 1.82) is 0 Å². The normalized spacial score (nSPS) is 33.5. The molecule has 0 aromatic carbocycles. The second kappa shape index (κ2) is 3.76. The fraction of sp³-hybridized carbons (Fsp3) is 0.909. The molecule has 86 valence electrons. The molecule has 0 amide bonds. The summed E-state index contributed by atoms with van der Waals surface area (Å²) >= 11 is 0. The topological polar surface area (TPSA) is 55.8 Å². The van der Waals surface area contributed by atoms with Gasteiger partial charge in [-0.05, 0) is 32.6 Å². The van der Waals surface area contributed by atoms with Crippen molar-refractivity contribution < 1.29 is 19.4 Å². The van der Waals surface area contributed by atoms with Crippen molar-refractivity contribution in [1.82, 2.24) is 0 Å². The van der Waals surface area contributed by atoms with E-state index in [2.05, 4.69) is 0 Å². The van der Waals surface area contributed by atoms with Crippen LogP contribution in [-0.4, -0.2) is 36.5 Å². The van der Waals surface area contributed by atoms with Crippen molar-refractivity contribution in [3.63, 3.8) is 0 Å². The molecule has 0 aromatic heterocycles. The lowest BCUT2D eigenvalue weighted by molar-refractivity contribution is -0.189. The Labute approximate surface area is 89.6 Å². The molecule has 2 rings (SSSR count). The quantitative estimate of drug-likeness (QED) is 0.708. The zero-order valence-corrected chi connectivity index (χ0v) is 9.12. The maximum Gasteiger partial charge on any atom is 0.317 e. The van der Waals surface area contributed by atoms with Gasteiger partial charge in [-0.3, -0.25) is 4.79 Å². The predicted octanol–water partition coefficient (Wildman–Crippen LogP) is 0.871. The van der Waals surface area contributed by atoms with Crippen LogP contribution in [0.25, 0.3) is 0 Å². The smallest absolute Gasteiger partial charge is 0.317 e. The number of aliphatic hydroxyl groups is 1. The molecule has 0 spiro atoms. The van der Waals surface area contributed by atoms with Gasteiger partial charge in [0.05, 0.1) is 18.8 Å². The van der Waals surface area contributed by atoms with E-state index < -0.39 is 11.0 Å². The van der Waals surface area contributed by atoms with Crippen LogP contribution < -0.4 is 0 Å². The molecular weight excluding hydrogens is 196 g/mol. The first-order valence-electron chi connectivity index (χ1n) is 5.62. The van der Waals surface area contributed by atoms with Gasteiger partial charge < -0.3 is 14.6 Å². The number of hydrogen-bond donors (Lipinski definition) is 1. The van der Waals surface area contributed by atoms with Gasteiger partial charge in [-0.15, -0.1) is 0 Å². The van der Waals surface area contributed by atoms with Crippen LogP contribution in [-0.2, 0) is 14.3 Å². The lowest BCUT2D eigenvalue weighted by Crippen LogP contribution is -2.58. The molecule has 1 saturated carbocycles. The highest BCUT2D eigenvalue weighted by Crippen LogP contribution is 2.51. The van der Waals surface area contributed by atoms with Crippen LogP contribution in [0.1, 0.15) is 32.6 Å². The van der Waals surface area contributed by atoms with E-state index in [1.165, 1.54) is 0 Å². The van der Waals surface area contributed by atoms with E-state index >= 15 is 0 Å². The van der Waals surface area contributed by atoms with E-state index in [9.17, 15) is 9.90 Å². The van der Waals surface area contributed by atoms with Crippen molar-refractivity contribution in [2.75, 3.05) is 19.8 Å². The van der Waals surface area contributed by atoms with Gasteiger partial charge in [0.2, 0.25) is 0 Å². The first-order chi connectivity index (χ1) is 7.15. The molecule has 1 saturated heterocycles. The van der Waals surface area contributed by atoms with Crippen LogP contribution in [0.3, 0.4) is 0 Å². The zero-order chi connectivity index (χ0) is 10.9. The van der Waals surface area contributed by atoms with Crippen molar-refractivity contribution in [2.24, 2.45) is 5.41 Å². The third-order valence-electron chi connectivity index (χ3n) is 3.76. The average Bonchev–Trinajstić information content (AvgIpc) is 2.64. The molecule has 1 heterocycles. The van der Waals surface area contributed by atoms with E-state index in [-0.39, 0.29) is 5.97 Å². The molecule has 2 fully saturated rings. The Morgan fingerprint density at radius 3 is 2.60 bits per heavy atom. The Morgan fingerprint density at radius 2 is 2.20 bits per heavy atom. The van der Waals surface area contributed by atoms with Gasteiger partial charge in [-0.2, -0.15) is 0 Å². The fourth-order valence-corrected chi connectivity index (χ4v) is 2.54. The molecule has 4 heteroatoms. The second-order valence-electron chi connectivity index (χ2n) is 4.49. The van der Waals surface area contributed by atoms with Gasteiger partial charge in [0.25, 0.3) is 0 Å². The second-order valence-corrected chi connectivity index (χ2v) is 4.49. The highest BCUT2D eigenvalue weighted by molar-refractivity contribution is 5.79. The summed E-state index contributed by atoms with van der Waals surface area (Å²) in [6, 6.07) is 0. The van der Waals surface area contributed by atoms with Gasteiger partial charge in [0.15, 0.2) is 0 Å². The van der Waals surface area contributed by atoms with Crippen LogP contribution in [0.4, 0.5) is 0 Å². The number of ether oxygens (including phenoxy) is 2. The minimum atomic E-state index is -0.879. The van der Waals surface area contributed by atoms with Gasteiger partial charge >= 0.3 is 5.97 Å². The largest absolute Gasteiger partial charge is 0.465 e. The van der Waals surface area contributed by atoms with Crippen molar-refractivity contribution in [3.05, 3.63) is 0 Å². The molecule has 0 aromatic rings. The summed E-state index contributed by atoms with van der Waals surface area (Å²) in [6.07, 6.45) is 2.95. The molecule has 1 unspecified atom stereocenters. The standard InChI is InChI=1S/C11H18O4/c1-2-15-9(12)10(6-7-14-8-10)11(13)4-3-5-11/h13H,2-8H2,1H3. The fourth-order valence-electron chi connectivity index (χ4n) is 2.54. The summed E-state index contributed by atoms with van der Waals surface area (Å²) in [5.41, 5.74) is -1.67. The molecule has 4 nitrogen and oxygen atoms in total. The highest BCUT2D eigenvalue weighted by atomic mass is 16.5. The molecular formula is C11H18O4. The lowest BCUT2D eigenvalue weighted by atomic mass is 9.61. The van der Waals surface area contributed by atoms with Gasteiger partial charge in [-0.25, -0.2) is 0 Å². The highest BCUT2D eigenvalue weighted by Gasteiger charge is 2.61. The molecule has 15 heavy (non-hydrogen) atoms. The van der Waals surface area contributed by atoms with E-state index in [4.69, 9.17) is 9.47 Å². The number of esters is 1. The van der Waals surface area contributed by atoms with Crippen molar-refractivity contribution in [3.8, 4) is 0 Å².